The summed E-state index contributed by atoms with van der Waals surface area (Å²) in [7, 11) is 7.08. The van der Waals surface area contributed by atoms with E-state index in [0.29, 0.717) is 12.1 Å². The molecule has 0 saturated carbocycles. The smallest absolute Gasteiger partial charge is 0.255 e. The van der Waals surface area contributed by atoms with Crippen LogP contribution < -0.4 is 11.1 Å². The van der Waals surface area contributed by atoms with Gasteiger partial charge in [0.2, 0.25) is 5.78 Å². The summed E-state index contributed by atoms with van der Waals surface area (Å²) in [6.07, 6.45) is 1.73. The Morgan fingerprint density at radius 2 is 1.85 bits per heavy atom. The lowest BCUT2D eigenvalue weighted by Gasteiger charge is -2.50. The van der Waals surface area contributed by atoms with E-state index in [4.69, 9.17) is 5.73 Å². The van der Waals surface area contributed by atoms with E-state index >= 15 is 0 Å². The largest absolute Gasteiger partial charge is 0.510 e. The molecule has 0 saturated heterocycles. The molecule has 0 bridgehead atoms. The number of anilines is 1. The van der Waals surface area contributed by atoms with E-state index in [1.165, 1.54) is 11.1 Å². The highest BCUT2D eigenvalue weighted by Crippen LogP contribution is 2.52. The van der Waals surface area contributed by atoms with Crippen molar-refractivity contribution in [3.63, 3.8) is 0 Å². The number of nitrogens with zero attached hydrogens (tertiary/aromatic N) is 3. The summed E-state index contributed by atoms with van der Waals surface area (Å²) in [5.41, 5.74) is 1.87. The second-order valence-corrected chi connectivity index (χ2v) is 12.1. The summed E-state index contributed by atoms with van der Waals surface area (Å²) in [6.45, 7) is 5.29. The third kappa shape index (κ3) is 4.46. The van der Waals surface area contributed by atoms with Gasteiger partial charge in [-0.1, -0.05) is 13.8 Å². The van der Waals surface area contributed by atoms with Gasteiger partial charge < -0.3 is 36.4 Å². The summed E-state index contributed by atoms with van der Waals surface area (Å²) >= 11 is 0. The van der Waals surface area contributed by atoms with Crippen molar-refractivity contribution in [1.82, 2.24) is 14.8 Å². The fourth-order valence-corrected chi connectivity index (χ4v) is 6.48. The van der Waals surface area contributed by atoms with Gasteiger partial charge in [-0.25, -0.2) is 4.98 Å². The number of fused-ring (bicyclic) bond motifs is 3. The van der Waals surface area contributed by atoms with E-state index in [0.717, 1.165) is 6.54 Å². The van der Waals surface area contributed by atoms with Crippen LogP contribution >= 0.6 is 0 Å². The summed E-state index contributed by atoms with van der Waals surface area (Å²) < 4.78 is 0. The molecule has 0 aliphatic heterocycles. The predicted molar refractivity (Wildman–Crippen MR) is 142 cm³/mol. The molecular weight excluding hydrogens is 506 g/mol. The number of ketones is 2. The molecule has 7 N–H and O–H groups in total. The van der Waals surface area contributed by atoms with Gasteiger partial charge in [0.25, 0.3) is 5.91 Å². The summed E-state index contributed by atoms with van der Waals surface area (Å²) in [5, 5.41) is 48.0. The van der Waals surface area contributed by atoms with Crippen LogP contribution in [-0.4, -0.2) is 106 Å². The maximum Gasteiger partial charge on any atom is 0.255 e. The molecule has 1 amide bonds. The first-order valence-electron chi connectivity index (χ1n) is 12.8. The number of hydrogen-bond acceptors (Lipinski definition) is 11. The number of nitrogens with one attached hydrogen (secondary N) is 1. The first-order chi connectivity index (χ1) is 18.0. The average Bonchev–Trinajstić information content (AvgIpc) is 2.79. The lowest BCUT2D eigenvalue weighted by atomic mass is 9.58. The highest BCUT2D eigenvalue weighted by atomic mass is 16.3. The van der Waals surface area contributed by atoms with Gasteiger partial charge in [-0.3, -0.25) is 19.3 Å². The van der Waals surface area contributed by atoms with Gasteiger partial charge >= 0.3 is 0 Å². The fraction of sp³-hybridized carbons (Fsp3) is 0.556. The van der Waals surface area contributed by atoms with E-state index in [2.05, 4.69) is 10.3 Å². The molecule has 1 aromatic heterocycles. The monoisotopic (exact) mass is 543 g/mol. The third-order valence-electron chi connectivity index (χ3n) is 7.94. The lowest BCUT2D eigenvalue weighted by Crippen LogP contribution is -2.63. The molecule has 0 unspecified atom stereocenters. The van der Waals surface area contributed by atoms with Gasteiger partial charge in [0.05, 0.1) is 11.6 Å². The number of likely N-dealkylation sites (N-methyl/N-ethyl adjacent to an activating group) is 1. The van der Waals surface area contributed by atoms with E-state index in [9.17, 15) is 34.8 Å². The summed E-state index contributed by atoms with van der Waals surface area (Å²) in [5.74, 6) is -6.73. The van der Waals surface area contributed by atoms with Crippen LogP contribution in [0, 0.1) is 17.3 Å². The fourth-order valence-electron chi connectivity index (χ4n) is 6.48. The highest BCUT2D eigenvalue weighted by Gasteiger charge is 2.63. The lowest BCUT2D eigenvalue weighted by molar-refractivity contribution is -0.148. The highest BCUT2D eigenvalue weighted by molar-refractivity contribution is 6.24. The Morgan fingerprint density at radius 1 is 1.21 bits per heavy atom. The maximum absolute atomic E-state index is 13.8. The van der Waals surface area contributed by atoms with Crippen LogP contribution in [0.1, 0.15) is 36.2 Å². The SMILES string of the molecule is CN(C)CC(C)(C)CNc1ncc2c(c1O)C(=O)C1=C(O)[C@]3(O)C(=O)C(C(N)=O)=C(O)[C@@H](N(C)C)[C@@H]3C[C@@H]1C2. The predicted octanol–water partition coefficient (Wildman–Crippen LogP) is 0.515. The number of aromatic nitrogens is 1. The second kappa shape index (κ2) is 9.61. The van der Waals surface area contributed by atoms with Crippen molar-refractivity contribution in [2.24, 2.45) is 23.0 Å². The maximum atomic E-state index is 13.8. The molecule has 4 atom stereocenters. The van der Waals surface area contributed by atoms with Crippen molar-refractivity contribution in [3.8, 4) is 5.75 Å². The number of aliphatic hydroxyl groups excluding tert-OH is 2. The minimum atomic E-state index is -2.66. The molecule has 39 heavy (non-hydrogen) atoms. The molecule has 3 aliphatic carbocycles. The van der Waals surface area contributed by atoms with Gasteiger partial charge in [-0.2, -0.15) is 0 Å². The Labute approximate surface area is 226 Å². The van der Waals surface area contributed by atoms with Crippen LogP contribution in [-0.2, 0) is 16.0 Å². The van der Waals surface area contributed by atoms with Crippen LogP contribution in [0.2, 0.25) is 0 Å². The van der Waals surface area contributed by atoms with Gasteiger partial charge in [-0.15, -0.1) is 0 Å². The Hall–Kier alpha value is -3.48. The molecule has 12 heteroatoms. The van der Waals surface area contributed by atoms with Crippen LogP contribution in [0.3, 0.4) is 0 Å². The number of rotatable bonds is 7. The van der Waals surface area contributed by atoms with Crippen molar-refractivity contribution in [2.45, 2.75) is 38.3 Å². The van der Waals surface area contributed by atoms with Crippen molar-refractivity contribution >= 4 is 23.3 Å². The molecular formula is C27H37N5O7. The topological polar surface area (TPSA) is 190 Å². The first-order valence-corrected chi connectivity index (χ1v) is 12.8. The van der Waals surface area contributed by atoms with Gasteiger partial charge in [0.15, 0.2) is 23.0 Å². The summed E-state index contributed by atoms with van der Waals surface area (Å²) in [4.78, 5) is 47.1. The molecule has 1 heterocycles. The Balaban J connectivity index is 1.78. The number of nitrogens with two attached hydrogens (primary N) is 1. The standard InChI is InChI=1S/C27H37N5O7/c1-26(2,11-31(3)4)10-30-25-21(35)15-13(9-29-25)7-12-8-14-18(32(5)6)20(34)17(24(28)38)23(37)27(14,39)22(36)16(12)19(15)33/h9,12,14,18,34-36,39H,7-8,10-11H2,1-6H3,(H2,28,38)(H,29,30)/t12-,14-,18-,27-/m0/s1. The van der Waals surface area contributed by atoms with Crippen LogP contribution in [0.15, 0.2) is 28.9 Å². The minimum absolute atomic E-state index is 0.0330. The number of amides is 1. The van der Waals surface area contributed by atoms with Crippen molar-refractivity contribution in [1.29, 1.82) is 0 Å². The first kappa shape index (κ1) is 28.5. The van der Waals surface area contributed by atoms with Crippen LogP contribution in [0.5, 0.6) is 5.75 Å². The molecule has 4 rings (SSSR count). The number of aromatic hydroxyl groups is 1. The molecule has 12 nitrogen and oxygen atoms in total. The number of Topliss-reactive ketones (excluding diaryl/α,β-unsaturated/α-hetero) is 2. The number of primary amides is 1. The van der Waals surface area contributed by atoms with Gasteiger partial charge in [0.1, 0.15) is 17.1 Å². The van der Waals surface area contributed by atoms with E-state index in [1.54, 1.807) is 14.1 Å². The number of pyridine rings is 1. The molecule has 0 aromatic carbocycles. The number of allylic oxidation sites excluding steroid dienone is 1. The average molecular weight is 544 g/mol. The number of hydrogen-bond donors (Lipinski definition) is 6. The number of aliphatic hydroxyl groups is 3. The third-order valence-corrected chi connectivity index (χ3v) is 7.94. The quantitative estimate of drug-likeness (QED) is 0.263. The second-order valence-electron chi connectivity index (χ2n) is 12.1. The zero-order valence-corrected chi connectivity index (χ0v) is 23.1. The zero-order valence-electron chi connectivity index (χ0n) is 23.1. The van der Waals surface area contributed by atoms with Crippen LogP contribution in [0.25, 0.3) is 0 Å². The molecule has 0 radical (unpaired) electrons. The van der Waals surface area contributed by atoms with Crippen molar-refractivity contribution in [2.75, 3.05) is 46.6 Å². The summed E-state index contributed by atoms with van der Waals surface area (Å²) in [6, 6.07) is -1.03. The van der Waals surface area contributed by atoms with E-state index in [-0.39, 0.29) is 41.0 Å². The van der Waals surface area contributed by atoms with E-state index < -0.39 is 58.0 Å². The zero-order chi connectivity index (χ0) is 29.2. The van der Waals surface area contributed by atoms with Crippen molar-refractivity contribution in [3.05, 3.63) is 40.0 Å². The van der Waals surface area contributed by atoms with Gasteiger partial charge in [0, 0.05) is 30.8 Å². The molecule has 0 spiro atoms. The minimum Gasteiger partial charge on any atom is -0.510 e. The van der Waals surface area contributed by atoms with Gasteiger partial charge in [-0.05, 0) is 57.9 Å². The Bertz CT molecular complexity index is 1320. The Morgan fingerprint density at radius 3 is 2.41 bits per heavy atom. The van der Waals surface area contributed by atoms with Crippen molar-refractivity contribution < 1.29 is 34.8 Å². The molecule has 0 fully saturated rings. The normalized spacial score (nSPS) is 27.1. The van der Waals surface area contributed by atoms with Crippen LogP contribution in [0.4, 0.5) is 5.82 Å². The van der Waals surface area contributed by atoms with E-state index in [1.807, 2.05) is 32.8 Å². The molecule has 212 valence electrons. The molecule has 1 aromatic rings. The Kier molecular flexibility index (Phi) is 7.03. The number of carbonyl (C=O) groups excluding carboxylic acids is 3. The molecule has 3 aliphatic rings. The number of carbonyl (C=O) groups is 3.